The van der Waals surface area contributed by atoms with E-state index in [1.807, 2.05) is 24.3 Å². The number of carbonyl (C=O) groups is 2. The molecule has 12 heteroatoms. The highest BCUT2D eigenvalue weighted by Crippen LogP contribution is 2.35. The fourth-order valence-corrected chi connectivity index (χ4v) is 3.90. The van der Waals surface area contributed by atoms with Crippen molar-refractivity contribution in [2.24, 2.45) is 0 Å². The predicted octanol–water partition coefficient (Wildman–Crippen LogP) is 4.51. The number of hydrogen-bond donors (Lipinski definition) is 1. The maximum atomic E-state index is 12.8. The molecule has 38 heavy (non-hydrogen) atoms. The number of nitro groups is 2. The SMILES string of the molecule is CCc1ccc(OCCCN2C(=O)COc3ccc(NC(=O)c4cc([N+](=O)[O-])cc([N+](=O)[O-])c4)cc32)cc1. The molecular weight excluding hydrogens is 496 g/mol. The molecule has 0 bridgehead atoms. The number of nitro benzene ring substituents is 2. The predicted molar refractivity (Wildman–Crippen MR) is 138 cm³/mol. The summed E-state index contributed by atoms with van der Waals surface area (Å²) in [5.41, 5.74) is 0.512. The molecule has 1 aliphatic heterocycles. The molecule has 0 fully saturated rings. The number of nitrogens with one attached hydrogen (secondary N) is 1. The van der Waals surface area contributed by atoms with Crippen LogP contribution >= 0.6 is 0 Å². The first-order valence-corrected chi connectivity index (χ1v) is 11.8. The monoisotopic (exact) mass is 520 g/mol. The first-order valence-electron chi connectivity index (χ1n) is 11.8. The average molecular weight is 520 g/mol. The van der Waals surface area contributed by atoms with Crippen molar-refractivity contribution in [1.82, 2.24) is 0 Å². The smallest absolute Gasteiger partial charge is 0.277 e. The van der Waals surface area contributed by atoms with Crippen molar-refractivity contribution < 1.29 is 28.9 Å². The summed E-state index contributed by atoms with van der Waals surface area (Å²) in [6, 6.07) is 15.2. The number of aryl methyl sites for hydroxylation is 1. The van der Waals surface area contributed by atoms with E-state index in [9.17, 15) is 29.8 Å². The van der Waals surface area contributed by atoms with Crippen LogP contribution < -0.4 is 19.7 Å². The highest BCUT2D eigenvalue weighted by atomic mass is 16.6. The number of non-ortho nitro benzene ring substituents is 2. The Kier molecular flexibility index (Phi) is 7.80. The van der Waals surface area contributed by atoms with E-state index in [2.05, 4.69) is 12.2 Å². The van der Waals surface area contributed by atoms with Crippen molar-refractivity contribution in [2.75, 3.05) is 30.0 Å². The molecule has 0 spiro atoms. The van der Waals surface area contributed by atoms with Crippen LogP contribution in [-0.2, 0) is 11.2 Å². The maximum absolute atomic E-state index is 12.8. The second-order valence-corrected chi connectivity index (χ2v) is 8.42. The third-order valence-electron chi connectivity index (χ3n) is 5.87. The Labute approximate surface area is 217 Å². The number of hydrogen-bond acceptors (Lipinski definition) is 8. The van der Waals surface area contributed by atoms with Gasteiger partial charge in [0.1, 0.15) is 11.5 Å². The molecule has 0 radical (unpaired) electrons. The molecule has 0 atom stereocenters. The summed E-state index contributed by atoms with van der Waals surface area (Å²) in [6.45, 7) is 2.67. The van der Waals surface area contributed by atoms with Crippen molar-refractivity contribution in [3.05, 3.63) is 92.0 Å². The van der Waals surface area contributed by atoms with Gasteiger partial charge in [-0.3, -0.25) is 29.8 Å². The fraction of sp³-hybridized carbons (Fsp3) is 0.231. The van der Waals surface area contributed by atoms with Crippen molar-refractivity contribution in [2.45, 2.75) is 19.8 Å². The Morgan fingerprint density at radius 3 is 2.34 bits per heavy atom. The number of anilines is 2. The number of ether oxygens (including phenoxy) is 2. The van der Waals surface area contributed by atoms with Gasteiger partial charge in [0, 0.05) is 24.4 Å². The van der Waals surface area contributed by atoms with E-state index in [0.29, 0.717) is 31.0 Å². The van der Waals surface area contributed by atoms with Crippen LogP contribution in [0.4, 0.5) is 22.7 Å². The van der Waals surface area contributed by atoms with E-state index >= 15 is 0 Å². The molecule has 12 nitrogen and oxygen atoms in total. The first-order chi connectivity index (χ1) is 18.2. The minimum Gasteiger partial charge on any atom is -0.494 e. The normalized spacial score (nSPS) is 12.3. The zero-order valence-corrected chi connectivity index (χ0v) is 20.4. The largest absolute Gasteiger partial charge is 0.494 e. The quantitative estimate of drug-likeness (QED) is 0.233. The summed E-state index contributed by atoms with van der Waals surface area (Å²) in [5.74, 6) is 0.142. The van der Waals surface area contributed by atoms with E-state index in [4.69, 9.17) is 9.47 Å². The fourth-order valence-electron chi connectivity index (χ4n) is 3.90. The van der Waals surface area contributed by atoms with Gasteiger partial charge in [-0.15, -0.1) is 0 Å². The van der Waals surface area contributed by atoms with E-state index in [1.54, 1.807) is 18.2 Å². The van der Waals surface area contributed by atoms with Crippen LogP contribution in [0, 0.1) is 20.2 Å². The van der Waals surface area contributed by atoms with Gasteiger partial charge in [0.05, 0.1) is 33.8 Å². The maximum Gasteiger partial charge on any atom is 0.277 e. The summed E-state index contributed by atoms with van der Waals surface area (Å²) >= 11 is 0. The van der Waals surface area contributed by atoms with Crippen LogP contribution in [0.25, 0.3) is 0 Å². The third-order valence-corrected chi connectivity index (χ3v) is 5.87. The number of amides is 2. The molecule has 0 aromatic heterocycles. The topological polar surface area (TPSA) is 154 Å². The van der Waals surface area contributed by atoms with Gasteiger partial charge in [-0.25, -0.2) is 0 Å². The second-order valence-electron chi connectivity index (χ2n) is 8.42. The van der Waals surface area contributed by atoms with Crippen LogP contribution in [0.1, 0.15) is 29.3 Å². The lowest BCUT2D eigenvalue weighted by Crippen LogP contribution is -2.39. The molecule has 0 unspecified atom stereocenters. The molecule has 2 amide bonds. The van der Waals surface area contributed by atoms with E-state index in [-0.39, 0.29) is 23.8 Å². The number of benzene rings is 3. The first kappa shape index (κ1) is 26.1. The van der Waals surface area contributed by atoms with Crippen LogP contribution in [0.5, 0.6) is 11.5 Å². The summed E-state index contributed by atoms with van der Waals surface area (Å²) in [6.07, 6.45) is 1.47. The summed E-state index contributed by atoms with van der Waals surface area (Å²) in [7, 11) is 0. The molecule has 1 aliphatic rings. The number of rotatable bonds is 10. The molecule has 1 N–H and O–H groups in total. The lowest BCUT2D eigenvalue weighted by atomic mass is 10.1. The van der Waals surface area contributed by atoms with Gasteiger partial charge >= 0.3 is 0 Å². The van der Waals surface area contributed by atoms with Gasteiger partial charge in [-0.2, -0.15) is 0 Å². The standard InChI is InChI=1S/C26H24N4O8/c1-2-17-4-7-22(8-5-17)37-11-3-10-28-23-14-19(6-9-24(23)38-16-25(28)31)27-26(32)18-12-20(29(33)34)15-21(13-18)30(35)36/h4-9,12-15H,2-3,10-11,16H2,1H3,(H,27,32). The lowest BCUT2D eigenvalue weighted by Gasteiger charge is -2.30. The van der Waals surface area contributed by atoms with Gasteiger partial charge in [-0.1, -0.05) is 19.1 Å². The average Bonchev–Trinajstić information content (AvgIpc) is 2.92. The summed E-state index contributed by atoms with van der Waals surface area (Å²) < 4.78 is 11.3. The van der Waals surface area contributed by atoms with Gasteiger partial charge in [-0.05, 0) is 48.7 Å². The number of nitrogens with zero attached hydrogens (tertiary/aromatic N) is 3. The Balaban J connectivity index is 1.46. The van der Waals surface area contributed by atoms with Crippen molar-refractivity contribution in [3.63, 3.8) is 0 Å². The third kappa shape index (κ3) is 6.03. The van der Waals surface area contributed by atoms with Crippen LogP contribution in [-0.4, -0.2) is 41.4 Å². The molecule has 196 valence electrons. The van der Waals surface area contributed by atoms with Crippen LogP contribution in [0.2, 0.25) is 0 Å². The lowest BCUT2D eigenvalue weighted by molar-refractivity contribution is -0.394. The summed E-state index contributed by atoms with van der Waals surface area (Å²) in [4.78, 5) is 47.6. The Bertz CT molecular complexity index is 1360. The molecule has 0 saturated heterocycles. The molecule has 4 rings (SSSR count). The van der Waals surface area contributed by atoms with E-state index < -0.39 is 27.1 Å². The van der Waals surface area contributed by atoms with E-state index in [0.717, 1.165) is 30.4 Å². The highest BCUT2D eigenvalue weighted by Gasteiger charge is 2.26. The van der Waals surface area contributed by atoms with Crippen LogP contribution in [0.15, 0.2) is 60.7 Å². The Morgan fingerprint density at radius 2 is 1.71 bits per heavy atom. The van der Waals surface area contributed by atoms with Crippen molar-refractivity contribution in [3.8, 4) is 11.5 Å². The zero-order chi connectivity index (χ0) is 27.2. The molecular formula is C26H24N4O8. The van der Waals surface area contributed by atoms with E-state index in [1.165, 1.54) is 10.5 Å². The van der Waals surface area contributed by atoms with Crippen LogP contribution in [0.3, 0.4) is 0 Å². The minimum atomic E-state index is -0.812. The number of fused-ring (bicyclic) bond motifs is 1. The zero-order valence-electron chi connectivity index (χ0n) is 20.4. The van der Waals surface area contributed by atoms with Gasteiger partial charge in [0.2, 0.25) is 0 Å². The summed E-state index contributed by atoms with van der Waals surface area (Å²) in [5, 5.41) is 24.9. The van der Waals surface area contributed by atoms with Gasteiger partial charge < -0.3 is 19.7 Å². The Hall–Kier alpha value is -5.00. The van der Waals surface area contributed by atoms with Crippen molar-refractivity contribution in [1.29, 1.82) is 0 Å². The van der Waals surface area contributed by atoms with Gasteiger partial charge in [0.15, 0.2) is 6.61 Å². The molecule has 0 aliphatic carbocycles. The van der Waals surface area contributed by atoms with Gasteiger partial charge in [0.25, 0.3) is 23.2 Å². The minimum absolute atomic E-state index is 0.130. The molecule has 3 aromatic carbocycles. The second kappa shape index (κ2) is 11.4. The molecule has 0 saturated carbocycles. The molecule has 1 heterocycles. The Morgan fingerprint density at radius 1 is 1.03 bits per heavy atom. The highest BCUT2D eigenvalue weighted by molar-refractivity contribution is 6.06. The van der Waals surface area contributed by atoms with Crippen molar-refractivity contribution >= 4 is 34.6 Å². The molecule has 3 aromatic rings. The number of carbonyl (C=O) groups excluding carboxylic acids is 2.